The highest BCUT2D eigenvalue weighted by atomic mass is 79.9. The first-order valence-electron chi connectivity index (χ1n) is 5.41. The summed E-state index contributed by atoms with van der Waals surface area (Å²) in [7, 11) is 0. The number of anilines is 1. The third kappa shape index (κ3) is 3.34. The summed E-state index contributed by atoms with van der Waals surface area (Å²) in [6.45, 7) is 0.370. The Bertz CT molecular complexity index is 540. The van der Waals surface area contributed by atoms with E-state index in [1.165, 1.54) is 4.88 Å². The Labute approximate surface area is 118 Å². The van der Waals surface area contributed by atoms with Gasteiger partial charge in [0.25, 0.3) is 0 Å². The number of benzene rings is 1. The molecule has 0 aliphatic rings. The molecule has 0 fully saturated rings. The summed E-state index contributed by atoms with van der Waals surface area (Å²) in [6.07, 6.45) is 0.736. The largest absolute Gasteiger partial charge is 0.462 e. The summed E-state index contributed by atoms with van der Waals surface area (Å²) < 4.78 is 6.04. The highest BCUT2D eigenvalue weighted by molar-refractivity contribution is 9.10. The van der Waals surface area contributed by atoms with Crippen molar-refractivity contribution in [3.8, 4) is 0 Å². The molecule has 5 heteroatoms. The Morgan fingerprint density at radius 2 is 2.22 bits per heavy atom. The van der Waals surface area contributed by atoms with Gasteiger partial charge >= 0.3 is 5.97 Å². The SMILES string of the molecule is Nc1cc(Br)ccc1C(=O)OCCc1cccs1. The van der Waals surface area contributed by atoms with Crippen LogP contribution in [-0.4, -0.2) is 12.6 Å². The fourth-order valence-corrected chi connectivity index (χ4v) is 2.57. The van der Waals surface area contributed by atoms with Crippen molar-refractivity contribution in [1.82, 2.24) is 0 Å². The molecule has 0 aliphatic carbocycles. The van der Waals surface area contributed by atoms with Crippen LogP contribution in [-0.2, 0) is 11.2 Å². The molecule has 1 aromatic heterocycles. The summed E-state index contributed by atoms with van der Waals surface area (Å²) in [5.74, 6) is -0.378. The minimum atomic E-state index is -0.378. The highest BCUT2D eigenvalue weighted by Crippen LogP contribution is 2.19. The third-order valence-electron chi connectivity index (χ3n) is 2.40. The molecule has 0 spiro atoms. The Morgan fingerprint density at radius 3 is 2.89 bits per heavy atom. The van der Waals surface area contributed by atoms with E-state index >= 15 is 0 Å². The molecule has 0 aliphatic heterocycles. The fraction of sp³-hybridized carbons (Fsp3) is 0.154. The van der Waals surface area contributed by atoms with Crippen LogP contribution in [0.15, 0.2) is 40.2 Å². The minimum Gasteiger partial charge on any atom is -0.462 e. The molecule has 0 atom stereocenters. The monoisotopic (exact) mass is 325 g/mol. The third-order valence-corrected chi connectivity index (χ3v) is 3.82. The van der Waals surface area contributed by atoms with Gasteiger partial charge in [0.15, 0.2) is 0 Å². The number of hydrogen-bond acceptors (Lipinski definition) is 4. The zero-order chi connectivity index (χ0) is 13.0. The van der Waals surface area contributed by atoms with E-state index in [9.17, 15) is 4.79 Å². The van der Waals surface area contributed by atoms with Gasteiger partial charge in [-0.15, -0.1) is 11.3 Å². The maximum absolute atomic E-state index is 11.8. The molecular formula is C13H12BrNO2S. The topological polar surface area (TPSA) is 52.3 Å². The molecule has 0 saturated carbocycles. The van der Waals surface area contributed by atoms with Gasteiger partial charge in [-0.3, -0.25) is 0 Å². The van der Waals surface area contributed by atoms with Gasteiger partial charge in [0.1, 0.15) is 0 Å². The zero-order valence-corrected chi connectivity index (χ0v) is 12.0. The number of hydrogen-bond donors (Lipinski definition) is 1. The van der Waals surface area contributed by atoms with Gasteiger partial charge in [0.05, 0.1) is 12.2 Å². The van der Waals surface area contributed by atoms with Crippen molar-refractivity contribution in [1.29, 1.82) is 0 Å². The quantitative estimate of drug-likeness (QED) is 0.691. The van der Waals surface area contributed by atoms with E-state index in [4.69, 9.17) is 10.5 Å². The fourth-order valence-electron chi connectivity index (χ4n) is 1.50. The van der Waals surface area contributed by atoms with Crippen molar-refractivity contribution in [2.45, 2.75) is 6.42 Å². The van der Waals surface area contributed by atoms with Gasteiger partial charge in [0, 0.05) is 21.5 Å². The Morgan fingerprint density at radius 1 is 1.39 bits per heavy atom. The van der Waals surface area contributed by atoms with Crippen LogP contribution in [0.3, 0.4) is 0 Å². The standard InChI is InChI=1S/C13H12BrNO2S/c14-9-3-4-11(12(15)8-9)13(16)17-6-5-10-2-1-7-18-10/h1-4,7-8H,5-6,15H2. The normalized spacial score (nSPS) is 10.3. The number of carbonyl (C=O) groups is 1. The predicted octanol–water partition coefficient (Wildman–Crippen LogP) is 3.49. The lowest BCUT2D eigenvalue weighted by molar-refractivity contribution is 0.0511. The molecule has 94 valence electrons. The Balaban J connectivity index is 1.91. The lowest BCUT2D eigenvalue weighted by atomic mass is 10.2. The second kappa shape index (κ2) is 6.02. The summed E-state index contributed by atoms with van der Waals surface area (Å²) in [4.78, 5) is 13.0. The van der Waals surface area contributed by atoms with E-state index in [-0.39, 0.29) is 5.97 Å². The van der Waals surface area contributed by atoms with E-state index in [2.05, 4.69) is 15.9 Å². The molecule has 3 nitrogen and oxygen atoms in total. The number of carbonyl (C=O) groups excluding carboxylic acids is 1. The van der Waals surface area contributed by atoms with Crippen LogP contribution < -0.4 is 5.73 Å². The minimum absolute atomic E-state index is 0.370. The molecule has 18 heavy (non-hydrogen) atoms. The van der Waals surface area contributed by atoms with E-state index in [0.717, 1.165) is 10.9 Å². The van der Waals surface area contributed by atoms with Crippen LogP contribution in [0, 0.1) is 0 Å². The predicted molar refractivity (Wildman–Crippen MR) is 76.9 cm³/mol. The number of esters is 1. The van der Waals surface area contributed by atoms with Crippen LogP contribution in [0.4, 0.5) is 5.69 Å². The van der Waals surface area contributed by atoms with Crippen LogP contribution in [0.2, 0.25) is 0 Å². The molecule has 2 aromatic rings. The van der Waals surface area contributed by atoms with Gasteiger partial charge in [0.2, 0.25) is 0 Å². The average Bonchev–Trinajstić information content (AvgIpc) is 2.81. The number of rotatable bonds is 4. The van der Waals surface area contributed by atoms with E-state index < -0.39 is 0 Å². The number of halogens is 1. The molecular weight excluding hydrogens is 314 g/mol. The molecule has 1 heterocycles. The summed E-state index contributed by atoms with van der Waals surface area (Å²) in [5.41, 5.74) is 6.59. The van der Waals surface area contributed by atoms with Crippen LogP contribution in [0.1, 0.15) is 15.2 Å². The van der Waals surface area contributed by atoms with Gasteiger partial charge in [-0.05, 0) is 29.6 Å². The Hall–Kier alpha value is -1.33. The zero-order valence-electron chi connectivity index (χ0n) is 9.56. The number of ether oxygens (including phenoxy) is 1. The molecule has 0 unspecified atom stereocenters. The van der Waals surface area contributed by atoms with Crippen LogP contribution >= 0.6 is 27.3 Å². The number of nitrogens with two attached hydrogens (primary N) is 1. The molecule has 1 aromatic carbocycles. The summed E-state index contributed by atoms with van der Waals surface area (Å²) in [6, 6.07) is 9.12. The van der Waals surface area contributed by atoms with E-state index in [1.807, 2.05) is 17.5 Å². The van der Waals surface area contributed by atoms with Crippen molar-refractivity contribution in [2.75, 3.05) is 12.3 Å². The molecule has 0 radical (unpaired) electrons. The van der Waals surface area contributed by atoms with Crippen LogP contribution in [0.5, 0.6) is 0 Å². The first-order valence-corrected chi connectivity index (χ1v) is 7.08. The van der Waals surface area contributed by atoms with Crippen LogP contribution in [0.25, 0.3) is 0 Å². The summed E-state index contributed by atoms with van der Waals surface area (Å²) >= 11 is 4.95. The lowest BCUT2D eigenvalue weighted by Crippen LogP contribution is -2.10. The van der Waals surface area contributed by atoms with Crippen molar-refractivity contribution in [3.05, 3.63) is 50.6 Å². The van der Waals surface area contributed by atoms with Crippen molar-refractivity contribution < 1.29 is 9.53 Å². The average molecular weight is 326 g/mol. The molecule has 0 amide bonds. The first kappa shape index (κ1) is 13.1. The van der Waals surface area contributed by atoms with Gasteiger partial charge in [-0.2, -0.15) is 0 Å². The second-order valence-electron chi connectivity index (χ2n) is 3.70. The number of nitrogen functional groups attached to an aromatic ring is 1. The lowest BCUT2D eigenvalue weighted by Gasteiger charge is -2.06. The highest BCUT2D eigenvalue weighted by Gasteiger charge is 2.11. The molecule has 2 N–H and O–H groups in total. The van der Waals surface area contributed by atoms with E-state index in [1.54, 1.807) is 29.5 Å². The van der Waals surface area contributed by atoms with Crippen molar-refractivity contribution in [2.24, 2.45) is 0 Å². The van der Waals surface area contributed by atoms with E-state index in [0.29, 0.717) is 17.9 Å². The smallest absolute Gasteiger partial charge is 0.340 e. The number of thiophene rings is 1. The first-order chi connectivity index (χ1) is 8.66. The summed E-state index contributed by atoms with van der Waals surface area (Å²) in [5, 5.41) is 2.00. The van der Waals surface area contributed by atoms with Crippen molar-refractivity contribution >= 4 is 38.9 Å². The van der Waals surface area contributed by atoms with Crippen molar-refractivity contribution in [3.63, 3.8) is 0 Å². The molecule has 2 rings (SSSR count). The second-order valence-corrected chi connectivity index (χ2v) is 5.64. The van der Waals surface area contributed by atoms with Gasteiger partial charge in [-0.25, -0.2) is 4.79 Å². The maximum atomic E-state index is 11.8. The van der Waals surface area contributed by atoms with Gasteiger partial charge < -0.3 is 10.5 Å². The Kier molecular flexibility index (Phi) is 4.38. The maximum Gasteiger partial charge on any atom is 0.340 e. The van der Waals surface area contributed by atoms with Gasteiger partial charge in [-0.1, -0.05) is 22.0 Å². The molecule has 0 bridgehead atoms. The molecule has 0 saturated heterocycles.